The smallest absolute Gasteiger partial charge is 0.228 e. The Labute approximate surface area is 205 Å². The van der Waals surface area contributed by atoms with Crippen LogP contribution in [0.1, 0.15) is 43.9 Å². The van der Waals surface area contributed by atoms with Crippen molar-refractivity contribution in [2.75, 3.05) is 26.3 Å². The van der Waals surface area contributed by atoms with Crippen LogP contribution in [0.25, 0.3) is 10.9 Å². The summed E-state index contributed by atoms with van der Waals surface area (Å²) in [5, 5.41) is 41.7. The number of hydrogen-bond donors (Lipinski definition) is 5. The summed E-state index contributed by atoms with van der Waals surface area (Å²) < 4.78 is 11.6. The molecule has 7 rings (SSSR count). The quantitative estimate of drug-likeness (QED) is 0.446. The third kappa shape index (κ3) is 3.72. The van der Waals surface area contributed by atoms with E-state index in [4.69, 9.17) is 9.47 Å². The topological polar surface area (TPSA) is 118 Å². The molecule has 5 aliphatic rings. The zero-order valence-corrected chi connectivity index (χ0v) is 20.5. The standard InChI is InChI=1S/C27H38N2O6/c1-3-17-13(2)14-8-20-22-18(6-7-29(10-14)23(17)20)19-9-16(4-5-21(19)28-22)35-27-26(33)25(32)24(31)15(11-30)12-34-27/h4-5,9,13-15,17,20,23-28,30-33H,3,6-8,10-12H2,1-2H3. The van der Waals surface area contributed by atoms with Crippen LogP contribution in [0.3, 0.4) is 0 Å². The average Bonchev–Trinajstić information content (AvgIpc) is 3.14. The van der Waals surface area contributed by atoms with E-state index < -0.39 is 30.5 Å². The van der Waals surface area contributed by atoms with Gasteiger partial charge in [0.2, 0.25) is 6.29 Å². The molecule has 8 heteroatoms. The predicted octanol–water partition coefficient (Wildman–Crippen LogP) is 1.60. The Bertz CT molecular complexity index is 1070. The van der Waals surface area contributed by atoms with Gasteiger partial charge >= 0.3 is 0 Å². The van der Waals surface area contributed by atoms with Gasteiger partial charge in [-0.15, -0.1) is 0 Å². The summed E-state index contributed by atoms with van der Waals surface area (Å²) in [6.07, 6.45) is -1.86. The van der Waals surface area contributed by atoms with Gasteiger partial charge in [-0.2, -0.15) is 0 Å². The second-order valence-electron chi connectivity index (χ2n) is 11.2. The largest absolute Gasteiger partial charge is 0.462 e. The van der Waals surface area contributed by atoms with Crippen molar-refractivity contribution in [1.29, 1.82) is 0 Å². The first kappa shape index (κ1) is 23.7. The number of nitrogens with one attached hydrogen (secondary N) is 1. The minimum absolute atomic E-state index is 0.0185. The Morgan fingerprint density at radius 2 is 2.00 bits per heavy atom. The van der Waals surface area contributed by atoms with E-state index in [9.17, 15) is 20.4 Å². The van der Waals surface area contributed by atoms with E-state index in [0.29, 0.717) is 17.7 Å². The van der Waals surface area contributed by atoms with Crippen molar-refractivity contribution >= 4 is 10.9 Å². The molecule has 11 unspecified atom stereocenters. The van der Waals surface area contributed by atoms with Crippen molar-refractivity contribution in [3.05, 3.63) is 29.5 Å². The van der Waals surface area contributed by atoms with Gasteiger partial charge in [-0.3, -0.25) is 4.90 Å². The fourth-order valence-electron chi connectivity index (χ4n) is 7.59. The minimum Gasteiger partial charge on any atom is -0.462 e. The molecule has 4 bridgehead atoms. The number of H-pyrrole nitrogens is 1. The first-order chi connectivity index (χ1) is 16.9. The van der Waals surface area contributed by atoms with Crippen molar-refractivity contribution in [3.8, 4) is 5.75 Å². The Hall–Kier alpha value is -1.68. The van der Waals surface area contributed by atoms with E-state index in [2.05, 4.69) is 23.7 Å². The minimum atomic E-state index is -1.47. The van der Waals surface area contributed by atoms with Gasteiger partial charge in [0.05, 0.1) is 19.3 Å². The summed E-state index contributed by atoms with van der Waals surface area (Å²) in [7, 11) is 0. The summed E-state index contributed by atoms with van der Waals surface area (Å²) in [4.78, 5) is 6.51. The lowest BCUT2D eigenvalue weighted by Gasteiger charge is -2.56. The lowest BCUT2D eigenvalue weighted by molar-refractivity contribution is -0.167. The molecule has 2 aromatic rings. The molecule has 4 fully saturated rings. The van der Waals surface area contributed by atoms with Crippen molar-refractivity contribution < 1.29 is 29.9 Å². The van der Waals surface area contributed by atoms with E-state index in [1.807, 2.05) is 18.2 Å². The SMILES string of the molecule is CCC1C(C)C2CC3c4[nH]c5ccc(OC6OCC(CO)C(O)C(O)C6O)cc5c4CCN(C2)C31. The highest BCUT2D eigenvalue weighted by molar-refractivity contribution is 5.86. The summed E-state index contributed by atoms with van der Waals surface area (Å²) >= 11 is 0. The van der Waals surface area contributed by atoms with Gasteiger partial charge in [0, 0.05) is 47.6 Å². The molecule has 5 heterocycles. The number of rotatable bonds is 4. The van der Waals surface area contributed by atoms with Crippen molar-refractivity contribution in [2.24, 2.45) is 23.7 Å². The number of aliphatic hydroxyl groups is 4. The molecule has 5 N–H and O–H groups in total. The van der Waals surface area contributed by atoms with Crippen LogP contribution in [0.15, 0.2) is 18.2 Å². The number of aliphatic hydroxyl groups excluding tert-OH is 4. The maximum atomic E-state index is 10.5. The molecule has 3 saturated heterocycles. The number of fused-ring (bicyclic) bond motifs is 4. The number of aromatic amines is 1. The van der Waals surface area contributed by atoms with Crippen molar-refractivity contribution in [3.63, 3.8) is 0 Å². The number of piperidine rings is 2. The van der Waals surface area contributed by atoms with Crippen LogP contribution in [-0.4, -0.2) is 87.3 Å². The molecule has 0 amide bonds. The van der Waals surface area contributed by atoms with Crippen molar-refractivity contribution in [1.82, 2.24) is 9.88 Å². The van der Waals surface area contributed by atoms with Crippen LogP contribution in [0.2, 0.25) is 0 Å². The first-order valence-electron chi connectivity index (χ1n) is 13.2. The van der Waals surface area contributed by atoms with Gasteiger partial charge in [0.15, 0.2) is 0 Å². The van der Waals surface area contributed by atoms with E-state index in [1.165, 1.54) is 30.6 Å². The molecule has 1 aliphatic carbocycles. The van der Waals surface area contributed by atoms with Gasteiger partial charge in [-0.25, -0.2) is 0 Å². The summed E-state index contributed by atoms with van der Waals surface area (Å²) in [6, 6.07) is 6.47. The molecule has 1 aromatic heterocycles. The second-order valence-corrected chi connectivity index (χ2v) is 11.2. The molecule has 8 nitrogen and oxygen atoms in total. The third-order valence-electron chi connectivity index (χ3n) is 9.54. The Kier molecular flexibility index (Phi) is 6.10. The van der Waals surface area contributed by atoms with Crippen LogP contribution in [0.4, 0.5) is 0 Å². The van der Waals surface area contributed by atoms with Crippen LogP contribution >= 0.6 is 0 Å². The van der Waals surface area contributed by atoms with Gasteiger partial charge < -0.3 is 34.9 Å². The highest BCUT2D eigenvalue weighted by Gasteiger charge is 2.52. The second kappa shape index (κ2) is 9.01. The molecule has 4 aliphatic heterocycles. The molecular weight excluding hydrogens is 448 g/mol. The summed E-state index contributed by atoms with van der Waals surface area (Å²) in [6.45, 7) is 6.72. The highest BCUT2D eigenvalue weighted by atomic mass is 16.7. The Morgan fingerprint density at radius 1 is 1.17 bits per heavy atom. The number of ether oxygens (including phenoxy) is 2. The lowest BCUT2D eigenvalue weighted by atomic mass is 9.60. The molecule has 11 atom stereocenters. The normalized spacial score (nSPS) is 43.0. The fraction of sp³-hybridized carbons (Fsp3) is 0.704. The van der Waals surface area contributed by atoms with Crippen LogP contribution in [-0.2, 0) is 11.2 Å². The predicted molar refractivity (Wildman–Crippen MR) is 130 cm³/mol. The highest BCUT2D eigenvalue weighted by Crippen LogP contribution is 2.53. The molecule has 0 radical (unpaired) electrons. The van der Waals surface area contributed by atoms with Crippen LogP contribution in [0, 0.1) is 23.7 Å². The molecule has 35 heavy (non-hydrogen) atoms. The van der Waals surface area contributed by atoms with Crippen LogP contribution in [0.5, 0.6) is 5.75 Å². The van der Waals surface area contributed by atoms with Crippen LogP contribution < -0.4 is 4.74 Å². The van der Waals surface area contributed by atoms with Gasteiger partial charge in [0.1, 0.15) is 18.0 Å². The molecule has 192 valence electrons. The molecular formula is C27H38N2O6. The van der Waals surface area contributed by atoms with E-state index in [1.54, 1.807) is 0 Å². The van der Waals surface area contributed by atoms with Gasteiger partial charge in [-0.05, 0) is 54.4 Å². The summed E-state index contributed by atoms with van der Waals surface area (Å²) in [5.74, 6) is 2.67. The maximum absolute atomic E-state index is 10.5. The summed E-state index contributed by atoms with van der Waals surface area (Å²) in [5.41, 5.74) is 3.84. The molecule has 1 saturated carbocycles. The Balaban J connectivity index is 1.30. The molecule has 1 aromatic carbocycles. The number of nitrogens with zero attached hydrogens (tertiary/aromatic N) is 1. The van der Waals surface area contributed by atoms with E-state index >= 15 is 0 Å². The van der Waals surface area contributed by atoms with Crippen molar-refractivity contribution in [2.45, 2.75) is 69.7 Å². The van der Waals surface area contributed by atoms with Gasteiger partial charge in [0.25, 0.3) is 0 Å². The third-order valence-corrected chi connectivity index (χ3v) is 9.54. The van der Waals surface area contributed by atoms with E-state index in [-0.39, 0.29) is 13.2 Å². The lowest BCUT2D eigenvalue weighted by Crippen LogP contribution is -2.59. The molecule has 0 spiro atoms. The fourth-order valence-corrected chi connectivity index (χ4v) is 7.59. The number of benzene rings is 1. The monoisotopic (exact) mass is 486 g/mol. The number of hydrogen-bond acceptors (Lipinski definition) is 7. The zero-order valence-electron chi connectivity index (χ0n) is 20.5. The van der Waals surface area contributed by atoms with E-state index in [0.717, 1.165) is 41.6 Å². The zero-order chi connectivity index (χ0) is 24.4. The number of aromatic nitrogens is 1. The maximum Gasteiger partial charge on any atom is 0.228 e. The Morgan fingerprint density at radius 3 is 2.77 bits per heavy atom. The first-order valence-corrected chi connectivity index (χ1v) is 13.2. The van der Waals surface area contributed by atoms with Gasteiger partial charge in [-0.1, -0.05) is 20.3 Å². The average molecular weight is 487 g/mol.